The Hall–Kier alpha value is -6.69. The number of aromatic nitrogens is 2. The summed E-state index contributed by atoms with van der Waals surface area (Å²) in [6, 6.07) is 52.2. The molecule has 4 heterocycles. The number of fused-ring (bicyclic) bond motifs is 7. The van der Waals surface area contributed by atoms with E-state index in [2.05, 4.69) is 156 Å². The van der Waals surface area contributed by atoms with Crippen molar-refractivity contribution in [1.82, 2.24) is 9.55 Å². The lowest BCUT2D eigenvalue weighted by molar-refractivity contribution is 0.603. The van der Waals surface area contributed by atoms with E-state index < -0.39 is 0 Å². The summed E-state index contributed by atoms with van der Waals surface area (Å²) in [5.74, 6) is 1.68. The Bertz CT molecular complexity index is 3040. The Morgan fingerprint density at radius 1 is 0.576 bits per heavy atom. The maximum absolute atomic E-state index is 6.20. The molecule has 0 atom stereocenters. The van der Waals surface area contributed by atoms with Crippen LogP contribution < -0.4 is 4.90 Å². The highest BCUT2D eigenvalue weighted by Gasteiger charge is 2.19. The van der Waals surface area contributed by atoms with Crippen molar-refractivity contribution in [1.29, 1.82) is 0 Å². The van der Waals surface area contributed by atoms with Gasteiger partial charge in [0.15, 0.2) is 0 Å². The Labute approximate surface area is 352 Å². The summed E-state index contributed by atoms with van der Waals surface area (Å²) in [5, 5.41) is 6.01. The lowest BCUT2D eigenvalue weighted by Gasteiger charge is -2.26. The molecule has 0 fully saturated rings. The first kappa shape index (κ1) is 40.5. The average Bonchev–Trinajstić information content (AvgIpc) is 3.98. The molecule has 6 aromatic carbocycles. The van der Waals surface area contributed by atoms with Crippen LogP contribution in [0.2, 0.25) is 0 Å². The van der Waals surface area contributed by atoms with Crippen molar-refractivity contribution in [2.24, 2.45) is 0 Å². The van der Waals surface area contributed by atoms with Gasteiger partial charge in [0.25, 0.3) is 0 Å². The van der Waals surface area contributed by atoms with Crippen LogP contribution >= 0.6 is 11.3 Å². The third-order valence-corrected chi connectivity index (χ3v) is 11.3. The summed E-state index contributed by atoms with van der Waals surface area (Å²) >= 11 is 1.84. The van der Waals surface area contributed by atoms with Gasteiger partial charge in [-0.15, -0.1) is 11.3 Å². The molecule has 0 spiro atoms. The minimum atomic E-state index is 0.774. The van der Waals surface area contributed by atoms with E-state index in [1.807, 2.05) is 84.2 Å². The van der Waals surface area contributed by atoms with E-state index in [0.29, 0.717) is 0 Å². The highest BCUT2D eigenvalue weighted by molar-refractivity contribution is 7.25. The molecule has 10 aromatic rings. The van der Waals surface area contributed by atoms with Crippen molar-refractivity contribution in [2.75, 3.05) is 4.90 Å². The fraction of sp³-hybridized carbons (Fsp3) is 0.130. The van der Waals surface area contributed by atoms with E-state index in [0.717, 1.165) is 67.3 Å². The fourth-order valence-electron chi connectivity index (χ4n) is 7.74. The molecule has 0 unspecified atom stereocenters. The van der Waals surface area contributed by atoms with Gasteiger partial charge in [0.2, 0.25) is 0 Å². The van der Waals surface area contributed by atoms with E-state index >= 15 is 0 Å². The number of hydrogen-bond acceptors (Lipinski definition) is 4. The third kappa shape index (κ3) is 7.46. The molecule has 0 bridgehead atoms. The zero-order valence-electron chi connectivity index (χ0n) is 35.0. The van der Waals surface area contributed by atoms with Gasteiger partial charge in [0, 0.05) is 65.2 Å². The first-order valence-corrected chi connectivity index (χ1v) is 21.6. The molecule has 59 heavy (non-hydrogen) atoms. The molecule has 5 heteroatoms. The second-order valence-corrected chi connectivity index (χ2v) is 14.3. The number of hydrogen-bond donors (Lipinski definition) is 0. The second-order valence-electron chi connectivity index (χ2n) is 13.2. The van der Waals surface area contributed by atoms with Crippen molar-refractivity contribution in [3.05, 3.63) is 176 Å². The minimum absolute atomic E-state index is 0.774. The van der Waals surface area contributed by atoms with E-state index in [1.165, 1.54) is 30.9 Å². The molecule has 0 N–H and O–H groups in total. The lowest BCUT2D eigenvalue weighted by atomic mass is 10.0. The van der Waals surface area contributed by atoms with E-state index in [1.54, 1.807) is 6.08 Å². The molecule has 0 aliphatic heterocycles. The zero-order chi connectivity index (χ0) is 41.5. The van der Waals surface area contributed by atoms with Crippen molar-refractivity contribution < 1.29 is 4.42 Å². The van der Waals surface area contributed by atoms with Crippen LogP contribution in [0, 0.1) is 0 Å². The van der Waals surface area contributed by atoms with Crippen molar-refractivity contribution in [3.8, 4) is 16.9 Å². The molecule has 0 aliphatic rings. The van der Waals surface area contributed by atoms with Gasteiger partial charge < -0.3 is 9.32 Å². The highest BCUT2D eigenvalue weighted by Crippen LogP contribution is 2.43. The molecule has 4 aromatic heterocycles. The lowest BCUT2D eigenvalue weighted by Crippen LogP contribution is -2.09. The van der Waals surface area contributed by atoms with Gasteiger partial charge in [-0.25, -0.2) is 4.98 Å². The third-order valence-electron chi connectivity index (χ3n) is 10.1. The summed E-state index contributed by atoms with van der Waals surface area (Å²) < 4.78 is 11.0. The minimum Gasteiger partial charge on any atom is -0.456 e. The molecule has 0 radical (unpaired) electrons. The number of pyridine rings is 1. The second kappa shape index (κ2) is 18.3. The Balaban J connectivity index is 0.000000844. The van der Waals surface area contributed by atoms with Crippen LogP contribution in [0.4, 0.5) is 17.1 Å². The fourth-order valence-corrected chi connectivity index (χ4v) is 8.83. The van der Waals surface area contributed by atoms with Crippen LogP contribution in [0.15, 0.2) is 169 Å². The van der Waals surface area contributed by atoms with Crippen LogP contribution in [0.5, 0.6) is 0 Å². The molecular formula is C54H51N3OS. The van der Waals surface area contributed by atoms with Gasteiger partial charge in [-0.2, -0.15) is 0 Å². The monoisotopic (exact) mass is 789 g/mol. The first-order valence-electron chi connectivity index (χ1n) is 20.8. The Morgan fingerprint density at radius 3 is 1.93 bits per heavy atom. The van der Waals surface area contributed by atoms with Crippen LogP contribution in [0.1, 0.15) is 59.8 Å². The Morgan fingerprint density at radius 2 is 1.20 bits per heavy atom. The summed E-state index contributed by atoms with van der Waals surface area (Å²) in [5.41, 5.74) is 9.65. The largest absolute Gasteiger partial charge is 0.456 e. The number of benzene rings is 6. The number of thiophene rings is 1. The van der Waals surface area contributed by atoms with E-state index in [4.69, 9.17) is 9.40 Å². The van der Waals surface area contributed by atoms with Gasteiger partial charge in [0.05, 0.1) is 11.0 Å². The molecule has 0 saturated carbocycles. The zero-order valence-corrected chi connectivity index (χ0v) is 35.8. The van der Waals surface area contributed by atoms with Crippen LogP contribution in [-0.2, 0) is 0 Å². The summed E-state index contributed by atoms with van der Waals surface area (Å²) in [6.45, 7) is 18.0. The highest BCUT2D eigenvalue weighted by atomic mass is 32.1. The van der Waals surface area contributed by atoms with Crippen LogP contribution in [-0.4, -0.2) is 9.55 Å². The number of anilines is 3. The standard InChI is InChI=1S/C48H33N3OS.3C2H6/c1-3-11-38-40-29-34(22-25-45(40)52-44(38)4-2)50(35-23-26-47-41(30-35)39-13-6-8-15-46(39)53-47)33-20-17-31(18-21-33)32-19-24-37-36-12-5-7-14-42(36)51(43(37)28-32)48-16-9-10-27-49-48;3*1-2/h3-30H,2H2,1H3;3*1-2H3/b11-3-;;;. The summed E-state index contributed by atoms with van der Waals surface area (Å²) in [7, 11) is 0. The average molecular weight is 790 g/mol. The van der Waals surface area contributed by atoms with Gasteiger partial charge in [-0.1, -0.05) is 127 Å². The maximum Gasteiger partial charge on any atom is 0.137 e. The number of nitrogens with zero attached hydrogens (tertiary/aromatic N) is 3. The number of rotatable bonds is 7. The van der Waals surface area contributed by atoms with E-state index in [9.17, 15) is 0 Å². The Kier molecular flexibility index (Phi) is 12.5. The van der Waals surface area contributed by atoms with Gasteiger partial charge in [-0.05, 0) is 103 Å². The summed E-state index contributed by atoms with van der Waals surface area (Å²) in [4.78, 5) is 7.07. The molecule has 0 amide bonds. The van der Waals surface area contributed by atoms with Crippen molar-refractivity contribution in [2.45, 2.75) is 48.5 Å². The van der Waals surface area contributed by atoms with Gasteiger partial charge >= 0.3 is 0 Å². The predicted molar refractivity (Wildman–Crippen MR) is 260 cm³/mol. The number of furan rings is 1. The van der Waals surface area contributed by atoms with E-state index in [-0.39, 0.29) is 0 Å². The molecule has 294 valence electrons. The normalized spacial score (nSPS) is 11.0. The maximum atomic E-state index is 6.20. The number of para-hydroxylation sites is 1. The smallest absolute Gasteiger partial charge is 0.137 e. The predicted octanol–water partition coefficient (Wildman–Crippen LogP) is 17.2. The van der Waals surface area contributed by atoms with Gasteiger partial charge in [-0.3, -0.25) is 4.57 Å². The topological polar surface area (TPSA) is 34.2 Å². The van der Waals surface area contributed by atoms with Crippen molar-refractivity contribution >= 4 is 93.5 Å². The SMILES string of the molecule is C=Cc1oc2ccc(N(c3ccc(-c4ccc5c6ccccc6n(-c6ccccn6)c5c4)cc3)c3ccc4sc5ccccc5c4c3)cc2c1/C=C\C.CC.CC.CC. The molecular weight excluding hydrogens is 739 g/mol. The molecule has 10 rings (SSSR count). The van der Waals surface area contributed by atoms with Crippen LogP contribution in [0.25, 0.3) is 82.0 Å². The van der Waals surface area contributed by atoms with Crippen LogP contribution in [0.3, 0.4) is 0 Å². The molecule has 0 saturated heterocycles. The summed E-state index contributed by atoms with van der Waals surface area (Å²) in [6.07, 6.45) is 7.78. The van der Waals surface area contributed by atoms with Gasteiger partial charge in [0.1, 0.15) is 17.2 Å². The van der Waals surface area contributed by atoms with Crippen molar-refractivity contribution in [3.63, 3.8) is 0 Å². The quantitative estimate of drug-likeness (QED) is 0.161. The molecule has 0 aliphatic carbocycles. The first-order chi connectivity index (χ1) is 29.2. The number of allylic oxidation sites excluding steroid dienone is 1. The molecule has 4 nitrogen and oxygen atoms in total.